The number of benzene rings is 2. The maximum atomic E-state index is 13.0. The van der Waals surface area contributed by atoms with Crippen molar-refractivity contribution in [2.75, 3.05) is 26.3 Å². The van der Waals surface area contributed by atoms with Gasteiger partial charge in [0.2, 0.25) is 5.91 Å². The summed E-state index contributed by atoms with van der Waals surface area (Å²) in [4.78, 5) is 39.6. The number of rotatable bonds is 9. The van der Waals surface area contributed by atoms with Crippen LogP contribution in [0.25, 0.3) is 17.0 Å². The Labute approximate surface area is 213 Å². The van der Waals surface area contributed by atoms with E-state index in [-0.39, 0.29) is 42.9 Å². The van der Waals surface area contributed by atoms with Crippen molar-refractivity contribution < 1.29 is 23.9 Å². The van der Waals surface area contributed by atoms with E-state index in [2.05, 4.69) is 5.32 Å². The fourth-order valence-electron chi connectivity index (χ4n) is 4.37. The zero-order valence-electron chi connectivity index (χ0n) is 19.7. The van der Waals surface area contributed by atoms with Gasteiger partial charge in [-0.3, -0.25) is 19.3 Å². The van der Waals surface area contributed by atoms with Crippen LogP contribution < -0.4 is 10.1 Å². The standard InChI is InChI=1S/C27H27N3O5S/c31-25(28-16-21-9-6-13-34-21)18-29-17-19(22-10-4-5-11-23(22)29)15-24-26(32)30(27(33)36-24)12-14-35-20-7-2-1-3-8-20/h1-5,7-8,10-11,15,17,21H,6,9,12-14,16,18H2,(H,28,31)/b24-15-/t21-/m0/s1. The fraction of sp³-hybridized carbons (Fsp3) is 0.296. The minimum absolute atomic E-state index is 0.0830. The van der Waals surface area contributed by atoms with Crippen LogP contribution in [-0.2, 0) is 20.9 Å². The number of hydrogen-bond acceptors (Lipinski definition) is 6. The van der Waals surface area contributed by atoms with E-state index in [9.17, 15) is 14.4 Å². The van der Waals surface area contributed by atoms with Crippen LogP contribution in [-0.4, -0.2) is 58.9 Å². The van der Waals surface area contributed by atoms with Gasteiger partial charge in [0.25, 0.3) is 11.1 Å². The van der Waals surface area contributed by atoms with Crippen LogP contribution in [0.5, 0.6) is 5.75 Å². The second kappa shape index (κ2) is 11.0. The summed E-state index contributed by atoms with van der Waals surface area (Å²) in [6.07, 6.45) is 5.65. The Morgan fingerprint density at radius 3 is 2.75 bits per heavy atom. The third kappa shape index (κ3) is 5.47. The number of carbonyl (C=O) groups is 3. The van der Waals surface area contributed by atoms with E-state index in [1.54, 1.807) is 6.08 Å². The first-order valence-corrected chi connectivity index (χ1v) is 12.8. The van der Waals surface area contributed by atoms with Crippen molar-refractivity contribution in [2.24, 2.45) is 0 Å². The van der Waals surface area contributed by atoms with Gasteiger partial charge in [0.15, 0.2) is 0 Å². The minimum atomic E-state index is -0.340. The van der Waals surface area contributed by atoms with Crippen molar-refractivity contribution in [3.63, 3.8) is 0 Å². The molecule has 2 aliphatic rings. The van der Waals surface area contributed by atoms with Crippen LogP contribution in [0.4, 0.5) is 4.79 Å². The molecule has 5 rings (SSSR count). The molecule has 2 aliphatic heterocycles. The third-order valence-corrected chi connectivity index (χ3v) is 7.08. The highest BCUT2D eigenvalue weighted by molar-refractivity contribution is 8.18. The lowest BCUT2D eigenvalue weighted by molar-refractivity contribution is -0.123. The third-order valence-electron chi connectivity index (χ3n) is 6.17. The van der Waals surface area contributed by atoms with Gasteiger partial charge < -0.3 is 19.4 Å². The summed E-state index contributed by atoms with van der Waals surface area (Å²) in [5.41, 5.74) is 1.66. The molecule has 0 spiro atoms. The molecule has 36 heavy (non-hydrogen) atoms. The highest BCUT2D eigenvalue weighted by Gasteiger charge is 2.35. The van der Waals surface area contributed by atoms with Crippen LogP contribution >= 0.6 is 11.8 Å². The van der Waals surface area contributed by atoms with E-state index in [1.165, 1.54) is 4.90 Å². The van der Waals surface area contributed by atoms with Crippen LogP contribution in [0.3, 0.4) is 0 Å². The quantitative estimate of drug-likeness (QED) is 0.442. The van der Waals surface area contributed by atoms with Gasteiger partial charge in [-0.1, -0.05) is 36.4 Å². The Morgan fingerprint density at radius 2 is 1.94 bits per heavy atom. The molecule has 0 unspecified atom stereocenters. The van der Waals surface area contributed by atoms with Gasteiger partial charge in [-0.25, -0.2) is 0 Å². The summed E-state index contributed by atoms with van der Waals surface area (Å²) in [6, 6.07) is 17.0. The molecular weight excluding hydrogens is 478 g/mol. The van der Waals surface area contributed by atoms with Crippen LogP contribution in [0.1, 0.15) is 18.4 Å². The van der Waals surface area contributed by atoms with E-state index in [0.29, 0.717) is 17.2 Å². The summed E-state index contributed by atoms with van der Waals surface area (Å²) < 4.78 is 13.1. The lowest BCUT2D eigenvalue weighted by Crippen LogP contribution is -2.34. The molecule has 0 saturated carbocycles. The van der Waals surface area contributed by atoms with Crippen molar-refractivity contribution in [2.45, 2.75) is 25.5 Å². The Hall–Kier alpha value is -3.56. The van der Waals surface area contributed by atoms with Gasteiger partial charge in [-0.05, 0) is 48.9 Å². The SMILES string of the molecule is O=C(Cn1cc(/C=C2\SC(=O)N(CCOc3ccccc3)C2=O)c2ccccc21)NC[C@@H]1CCCO1. The normalized spacial score (nSPS) is 18.9. The molecule has 186 valence electrons. The Morgan fingerprint density at radius 1 is 1.14 bits per heavy atom. The largest absolute Gasteiger partial charge is 0.492 e. The lowest BCUT2D eigenvalue weighted by Gasteiger charge is -2.13. The highest BCUT2D eigenvalue weighted by atomic mass is 32.2. The molecule has 1 atom stereocenters. The number of amides is 3. The molecule has 2 saturated heterocycles. The second-order valence-corrected chi connectivity index (χ2v) is 9.66. The minimum Gasteiger partial charge on any atom is -0.492 e. The number of nitrogens with zero attached hydrogens (tertiary/aromatic N) is 2. The molecule has 2 fully saturated rings. The first-order chi connectivity index (χ1) is 17.6. The molecular formula is C27H27N3O5S. The maximum absolute atomic E-state index is 13.0. The summed E-state index contributed by atoms with van der Waals surface area (Å²) in [7, 11) is 0. The van der Waals surface area contributed by atoms with E-state index < -0.39 is 0 Å². The smallest absolute Gasteiger partial charge is 0.293 e. The number of carbonyl (C=O) groups excluding carboxylic acids is 3. The maximum Gasteiger partial charge on any atom is 0.293 e. The molecule has 9 heteroatoms. The van der Waals surface area contributed by atoms with Crippen LogP contribution in [0.15, 0.2) is 65.7 Å². The molecule has 3 heterocycles. The molecule has 0 aliphatic carbocycles. The summed E-state index contributed by atoms with van der Waals surface area (Å²) in [5, 5.41) is 3.54. The number of para-hydroxylation sites is 2. The Bertz CT molecular complexity index is 1300. The van der Waals surface area contributed by atoms with E-state index >= 15 is 0 Å². The number of ether oxygens (including phenoxy) is 2. The molecule has 8 nitrogen and oxygen atoms in total. The van der Waals surface area contributed by atoms with Crippen molar-refractivity contribution in [3.8, 4) is 5.75 Å². The van der Waals surface area contributed by atoms with Crippen molar-refractivity contribution >= 4 is 45.8 Å². The van der Waals surface area contributed by atoms with Crippen molar-refractivity contribution in [3.05, 3.63) is 71.3 Å². The topological polar surface area (TPSA) is 89.9 Å². The first-order valence-electron chi connectivity index (χ1n) is 12.0. The Kier molecular flexibility index (Phi) is 7.39. The zero-order chi connectivity index (χ0) is 24.9. The number of hydrogen-bond donors (Lipinski definition) is 1. The number of nitrogens with one attached hydrogen (secondary N) is 1. The second-order valence-electron chi connectivity index (χ2n) is 8.66. The predicted molar refractivity (Wildman–Crippen MR) is 139 cm³/mol. The van der Waals surface area contributed by atoms with E-state index in [4.69, 9.17) is 9.47 Å². The van der Waals surface area contributed by atoms with Gasteiger partial charge in [0.1, 0.15) is 18.9 Å². The molecule has 2 aromatic carbocycles. The first kappa shape index (κ1) is 24.1. The van der Waals surface area contributed by atoms with Crippen LogP contribution in [0, 0.1) is 0 Å². The molecule has 3 aromatic rings. The van der Waals surface area contributed by atoms with Gasteiger partial charge in [-0.2, -0.15) is 0 Å². The van der Waals surface area contributed by atoms with Gasteiger partial charge in [0, 0.05) is 35.8 Å². The summed E-state index contributed by atoms with van der Waals surface area (Å²) in [5.74, 6) is 0.247. The number of fused-ring (bicyclic) bond motifs is 1. The summed E-state index contributed by atoms with van der Waals surface area (Å²) in [6.45, 7) is 1.79. The average Bonchev–Trinajstić information content (AvgIpc) is 3.59. The molecule has 1 aromatic heterocycles. The predicted octanol–water partition coefficient (Wildman–Crippen LogP) is 4.05. The number of imide groups is 1. The Balaban J connectivity index is 1.27. The molecule has 0 radical (unpaired) electrons. The van der Waals surface area contributed by atoms with Crippen molar-refractivity contribution in [1.82, 2.24) is 14.8 Å². The molecule has 0 bridgehead atoms. The highest BCUT2D eigenvalue weighted by Crippen LogP contribution is 2.34. The van der Waals surface area contributed by atoms with Gasteiger partial charge in [-0.15, -0.1) is 0 Å². The average molecular weight is 506 g/mol. The van der Waals surface area contributed by atoms with E-state index in [1.807, 2.05) is 65.4 Å². The molecule has 3 amide bonds. The number of aromatic nitrogens is 1. The van der Waals surface area contributed by atoms with Crippen molar-refractivity contribution in [1.29, 1.82) is 0 Å². The van der Waals surface area contributed by atoms with Crippen LogP contribution in [0.2, 0.25) is 0 Å². The van der Waals surface area contributed by atoms with Gasteiger partial charge >= 0.3 is 0 Å². The lowest BCUT2D eigenvalue weighted by atomic mass is 10.1. The molecule has 1 N–H and O–H groups in total. The fourth-order valence-corrected chi connectivity index (χ4v) is 5.23. The van der Waals surface area contributed by atoms with Gasteiger partial charge in [0.05, 0.1) is 17.6 Å². The van der Waals surface area contributed by atoms with E-state index in [0.717, 1.165) is 47.7 Å². The monoisotopic (exact) mass is 505 g/mol. The summed E-state index contributed by atoms with van der Waals surface area (Å²) >= 11 is 0.917. The zero-order valence-corrected chi connectivity index (χ0v) is 20.5. The number of thioether (sulfide) groups is 1.